The zero-order chi connectivity index (χ0) is 19.8. The number of hydrogen-bond donors (Lipinski definition) is 0. The fourth-order valence-electron chi connectivity index (χ4n) is 4.17. The summed E-state index contributed by atoms with van der Waals surface area (Å²) in [6.45, 7) is 3.61. The van der Waals surface area contributed by atoms with Crippen molar-refractivity contribution in [1.29, 1.82) is 5.26 Å². The molecular weight excluding hydrogens is 366 g/mol. The number of nitrogens with zero attached hydrogens (tertiary/aromatic N) is 5. The molecule has 1 aromatic carbocycles. The number of benzene rings is 1. The monoisotopic (exact) mass is 387 g/mol. The summed E-state index contributed by atoms with van der Waals surface area (Å²) in [4.78, 5) is 16.4. The van der Waals surface area contributed by atoms with Crippen LogP contribution in [0.5, 0.6) is 5.75 Å². The van der Waals surface area contributed by atoms with Gasteiger partial charge in [-0.15, -0.1) is 0 Å². The summed E-state index contributed by atoms with van der Waals surface area (Å²) >= 11 is 0. The number of methoxy groups -OCH3 is 1. The van der Waals surface area contributed by atoms with Crippen LogP contribution < -0.4 is 9.64 Å². The molecule has 3 aromatic rings. The van der Waals surface area contributed by atoms with Crippen LogP contribution in [0.3, 0.4) is 0 Å². The van der Waals surface area contributed by atoms with E-state index in [0.29, 0.717) is 23.6 Å². The number of ether oxygens (including phenoxy) is 2. The van der Waals surface area contributed by atoms with Crippen LogP contribution >= 0.6 is 0 Å². The molecule has 5 rings (SSSR count). The molecule has 7 heteroatoms. The Morgan fingerprint density at radius 2 is 2.17 bits per heavy atom. The quantitative estimate of drug-likeness (QED) is 0.680. The molecule has 2 fully saturated rings. The van der Waals surface area contributed by atoms with Crippen LogP contribution in [0.2, 0.25) is 0 Å². The molecule has 2 aliphatic heterocycles. The summed E-state index contributed by atoms with van der Waals surface area (Å²) < 4.78 is 10.9. The highest BCUT2D eigenvalue weighted by atomic mass is 16.5. The summed E-state index contributed by atoms with van der Waals surface area (Å²) in [5.41, 5.74) is 2.68. The van der Waals surface area contributed by atoms with Crippen molar-refractivity contribution in [2.45, 2.75) is 12.8 Å². The van der Waals surface area contributed by atoms with E-state index >= 15 is 0 Å². The second-order valence-electron chi connectivity index (χ2n) is 7.84. The smallest absolute Gasteiger partial charge is 0.155 e. The van der Waals surface area contributed by atoms with Gasteiger partial charge in [-0.3, -0.25) is 0 Å². The molecule has 0 N–H and O–H groups in total. The highest BCUT2D eigenvalue weighted by molar-refractivity contribution is 5.88. The number of anilines is 1. The van der Waals surface area contributed by atoms with Gasteiger partial charge < -0.3 is 14.4 Å². The standard InChI is InChI=1S/C22H21N5O2/c1-28-18-8-15(10-23)2-3-16(18)9-19-25-11-17-4-6-24-21(20(17)26-19)27-7-5-22(12-27)13-29-14-22/h2-4,6,8,11H,5,7,9,12-14H2,1H3. The lowest BCUT2D eigenvalue weighted by atomic mass is 9.85. The molecule has 2 saturated heterocycles. The Morgan fingerprint density at radius 3 is 2.90 bits per heavy atom. The highest BCUT2D eigenvalue weighted by Gasteiger charge is 2.45. The summed E-state index contributed by atoms with van der Waals surface area (Å²) in [6, 6.07) is 9.52. The van der Waals surface area contributed by atoms with Crippen molar-refractivity contribution in [3.63, 3.8) is 0 Å². The van der Waals surface area contributed by atoms with Crippen molar-refractivity contribution >= 4 is 16.7 Å². The van der Waals surface area contributed by atoms with Crippen molar-refractivity contribution in [3.05, 3.63) is 53.6 Å². The first-order valence-electron chi connectivity index (χ1n) is 9.70. The second kappa shape index (κ2) is 6.98. The Balaban J connectivity index is 1.48. The highest BCUT2D eigenvalue weighted by Crippen LogP contribution is 2.40. The lowest BCUT2D eigenvalue weighted by Crippen LogP contribution is -2.44. The van der Waals surface area contributed by atoms with Gasteiger partial charge in [0, 0.05) is 48.3 Å². The number of fused-ring (bicyclic) bond motifs is 1. The zero-order valence-electron chi connectivity index (χ0n) is 16.3. The van der Waals surface area contributed by atoms with E-state index in [2.05, 4.69) is 20.9 Å². The molecule has 0 unspecified atom stereocenters. The van der Waals surface area contributed by atoms with Gasteiger partial charge in [-0.2, -0.15) is 5.26 Å². The Morgan fingerprint density at radius 1 is 1.28 bits per heavy atom. The number of rotatable bonds is 4. The molecule has 0 amide bonds. The van der Waals surface area contributed by atoms with E-state index in [0.717, 1.165) is 55.0 Å². The van der Waals surface area contributed by atoms with Crippen LogP contribution in [-0.2, 0) is 11.2 Å². The molecule has 0 radical (unpaired) electrons. The van der Waals surface area contributed by atoms with Crippen molar-refractivity contribution in [1.82, 2.24) is 15.0 Å². The minimum Gasteiger partial charge on any atom is -0.496 e. The molecule has 2 aromatic heterocycles. The van der Waals surface area contributed by atoms with Gasteiger partial charge in [0.15, 0.2) is 5.82 Å². The average molecular weight is 387 g/mol. The fourth-order valence-corrected chi connectivity index (χ4v) is 4.17. The molecular formula is C22H21N5O2. The minimum absolute atomic E-state index is 0.287. The van der Waals surface area contributed by atoms with Crippen molar-refractivity contribution < 1.29 is 9.47 Å². The van der Waals surface area contributed by atoms with Crippen LogP contribution in [0.25, 0.3) is 10.9 Å². The van der Waals surface area contributed by atoms with E-state index in [-0.39, 0.29) is 5.41 Å². The maximum Gasteiger partial charge on any atom is 0.155 e. The van der Waals surface area contributed by atoms with Crippen molar-refractivity contribution in [2.24, 2.45) is 5.41 Å². The topological polar surface area (TPSA) is 84.2 Å². The third-order valence-electron chi connectivity index (χ3n) is 5.85. The first-order chi connectivity index (χ1) is 14.2. The summed E-state index contributed by atoms with van der Waals surface area (Å²) in [5.74, 6) is 2.29. The fraction of sp³-hybridized carbons (Fsp3) is 0.364. The average Bonchev–Trinajstić information content (AvgIpc) is 3.20. The number of hydrogen-bond acceptors (Lipinski definition) is 7. The third kappa shape index (κ3) is 3.15. The summed E-state index contributed by atoms with van der Waals surface area (Å²) in [7, 11) is 1.61. The molecule has 0 bridgehead atoms. The maximum atomic E-state index is 9.10. The Labute approximate surface area is 168 Å². The van der Waals surface area contributed by atoms with Gasteiger partial charge in [0.2, 0.25) is 0 Å². The normalized spacial score (nSPS) is 17.3. The zero-order valence-corrected chi connectivity index (χ0v) is 16.3. The molecule has 7 nitrogen and oxygen atoms in total. The van der Waals surface area contributed by atoms with Gasteiger partial charge >= 0.3 is 0 Å². The lowest BCUT2D eigenvalue weighted by molar-refractivity contribution is -0.0985. The van der Waals surface area contributed by atoms with E-state index < -0.39 is 0 Å². The van der Waals surface area contributed by atoms with E-state index in [1.807, 2.05) is 24.5 Å². The van der Waals surface area contributed by atoms with Gasteiger partial charge in [-0.25, -0.2) is 15.0 Å². The molecule has 1 spiro atoms. The largest absolute Gasteiger partial charge is 0.496 e. The Bertz CT molecular complexity index is 1120. The first-order valence-corrected chi connectivity index (χ1v) is 9.70. The molecule has 146 valence electrons. The molecule has 2 aliphatic rings. The van der Waals surface area contributed by atoms with Crippen LogP contribution in [0.4, 0.5) is 5.82 Å². The summed E-state index contributed by atoms with van der Waals surface area (Å²) in [5, 5.41) is 10.1. The SMILES string of the molecule is COc1cc(C#N)ccc1Cc1ncc2ccnc(N3CCC4(COC4)C3)c2n1. The van der Waals surface area contributed by atoms with Crippen LogP contribution in [0.15, 0.2) is 36.7 Å². The maximum absolute atomic E-state index is 9.10. The molecule has 0 saturated carbocycles. The third-order valence-corrected chi connectivity index (χ3v) is 5.85. The number of nitriles is 1. The van der Waals surface area contributed by atoms with Gasteiger partial charge in [-0.1, -0.05) is 6.07 Å². The molecule has 0 atom stereocenters. The second-order valence-corrected chi connectivity index (χ2v) is 7.84. The van der Waals surface area contributed by atoms with Gasteiger partial charge in [-0.05, 0) is 24.6 Å². The van der Waals surface area contributed by atoms with Crippen molar-refractivity contribution in [3.8, 4) is 11.8 Å². The van der Waals surface area contributed by atoms with E-state index in [9.17, 15) is 0 Å². The lowest BCUT2D eigenvalue weighted by Gasteiger charge is -2.37. The van der Waals surface area contributed by atoms with Gasteiger partial charge in [0.1, 0.15) is 17.1 Å². The van der Waals surface area contributed by atoms with E-state index in [1.165, 1.54) is 0 Å². The van der Waals surface area contributed by atoms with Gasteiger partial charge in [0.05, 0.1) is 32.0 Å². The minimum atomic E-state index is 0.287. The van der Waals surface area contributed by atoms with E-state index in [1.54, 1.807) is 19.2 Å². The predicted octanol–water partition coefficient (Wildman–Crippen LogP) is 2.72. The number of aromatic nitrogens is 3. The number of pyridine rings is 1. The van der Waals surface area contributed by atoms with Gasteiger partial charge in [0.25, 0.3) is 0 Å². The summed E-state index contributed by atoms with van der Waals surface area (Å²) in [6.07, 6.45) is 5.34. The molecule has 4 heterocycles. The van der Waals surface area contributed by atoms with E-state index in [4.69, 9.17) is 19.7 Å². The Kier molecular flexibility index (Phi) is 4.29. The van der Waals surface area contributed by atoms with Crippen LogP contribution in [0, 0.1) is 16.7 Å². The van der Waals surface area contributed by atoms with Crippen LogP contribution in [-0.4, -0.2) is 48.4 Å². The van der Waals surface area contributed by atoms with Crippen LogP contribution in [0.1, 0.15) is 23.4 Å². The van der Waals surface area contributed by atoms with Crippen molar-refractivity contribution in [2.75, 3.05) is 38.3 Å². The molecule has 29 heavy (non-hydrogen) atoms. The predicted molar refractivity (Wildman–Crippen MR) is 108 cm³/mol. The first kappa shape index (κ1) is 17.8. The Hall–Kier alpha value is -3.24. The molecule has 0 aliphatic carbocycles.